The lowest BCUT2D eigenvalue weighted by Crippen LogP contribution is -2.58. The van der Waals surface area contributed by atoms with Crippen LogP contribution in [-0.4, -0.2) is 58.5 Å². The zero-order chi connectivity index (χ0) is 24.1. The normalized spacial score (nSPS) is 19.7. The number of piperazine rings is 1. The van der Waals surface area contributed by atoms with Crippen LogP contribution in [0, 0.1) is 0 Å². The highest BCUT2D eigenvalue weighted by atomic mass is 16.4. The van der Waals surface area contributed by atoms with Crippen molar-refractivity contribution < 1.29 is 10.0 Å². The molecule has 1 saturated heterocycles. The molecule has 3 N–H and O–H groups in total. The number of benzene rings is 1. The van der Waals surface area contributed by atoms with Gasteiger partial charge in [-0.3, -0.25) is 9.69 Å². The number of oxime groups is 1. The predicted octanol–water partition coefficient (Wildman–Crippen LogP) is 5.43. The lowest BCUT2D eigenvalue weighted by molar-refractivity contribution is 0.0312. The zero-order valence-corrected chi connectivity index (χ0v) is 21.1. The van der Waals surface area contributed by atoms with Crippen LogP contribution < -0.4 is 5.73 Å². The van der Waals surface area contributed by atoms with Gasteiger partial charge in [0.05, 0.1) is 0 Å². The zero-order valence-electron chi connectivity index (χ0n) is 21.1. The fourth-order valence-electron chi connectivity index (χ4n) is 4.77. The first-order chi connectivity index (χ1) is 16.0. The number of carbonyl (C=O) groups excluding carboxylic acids is 1. The molecule has 0 aromatic heterocycles. The molecular formula is C27H46N4O2. The summed E-state index contributed by atoms with van der Waals surface area (Å²) in [5.74, 6) is 0.248. The Bertz CT molecular complexity index is 719. The smallest absolute Gasteiger partial charge is 0.254 e. The van der Waals surface area contributed by atoms with E-state index in [1.807, 2.05) is 29.2 Å². The number of carbonyl (C=O) groups is 1. The highest BCUT2D eigenvalue weighted by Crippen LogP contribution is 2.20. The number of amidine groups is 1. The number of hydrogen-bond donors (Lipinski definition) is 2. The highest BCUT2D eigenvalue weighted by molar-refractivity contribution is 5.94. The van der Waals surface area contributed by atoms with Gasteiger partial charge in [0, 0.05) is 37.2 Å². The molecule has 1 amide bonds. The lowest BCUT2D eigenvalue weighted by atomic mass is 10.0. The summed E-state index contributed by atoms with van der Waals surface area (Å²) in [5.41, 5.74) is 7.19. The molecule has 2 rings (SSSR count). The molecule has 1 aromatic carbocycles. The summed E-state index contributed by atoms with van der Waals surface area (Å²) in [6.07, 6.45) is 14.0. The van der Waals surface area contributed by atoms with E-state index in [-0.39, 0.29) is 17.8 Å². The number of rotatable bonds is 14. The molecule has 1 aromatic rings. The van der Waals surface area contributed by atoms with E-state index >= 15 is 0 Å². The van der Waals surface area contributed by atoms with E-state index in [0.29, 0.717) is 18.0 Å². The van der Waals surface area contributed by atoms with Gasteiger partial charge in [0.25, 0.3) is 5.91 Å². The molecule has 0 radical (unpaired) electrons. The average molecular weight is 459 g/mol. The van der Waals surface area contributed by atoms with Crippen molar-refractivity contribution in [3.05, 3.63) is 35.4 Å². The van der Waals surface area contributed by atoms with Crippen molar-refractivity contribution in [2.75, 3.05) is 19.6 Å². The van der Waals surface area contributed by atoms with Crippen LogP contribution >= 0.6 is 0 Å². The summed E-state index contributed by atoms with van der Waals surface area (Å²) in [4.78, 5) is 17.7. The Labute approximate surface area is 201 Å². The first-order valence-corrected chi connectivity index (χ1v) is 13.1. The second-order valence-electron chi connectivity index (χ2n) is 9.80. The molecule has 6 heteroatoms. The van der Waals surface area contributed by atoms with Crippen molar-refractivity contribution in [1.82, 2.24) is 9.80 Å². The van der Waals surface area contributed by atoms with E-state index in [1.165, 1.54) is 64.2 Å². The second kappa shape index (κ2) is 14.9. The molecule has 0 unspecified atom stereocenters. The molecule has 6 nitrogen and oxygen atoms in total. The highest BCUT2D eigenvalue weighted by Gasteiger charge is 2.32. The number of hydrogen-bond acceptors (Lipinski definition) is 4. The second-order valence-corrected chi connectivity index (χ2v) is 9.80. The molecule has 0 saturated carbocycles. The first kappa shape index (κ1) is 27.2. The first-order valence-electron chi connectivity index (χ1n) is 13.1. The van der Waals surface area contributed by atoms with Crippen molar-refractivity contribution >= 4 is 11.7 Å². The molecular weight excluding hydrogens is 412 g/mol. The SMILES string of the molecule is CCCCCCCCCCCCN1C[C@@H](C)N(C(=O)c2ccc(C/C(N)=N/O)cc2)C[C@@H]1C. The number of nitrogens with two attached hydrogens (primary N) is 1. The van der Waals surface area contributed by atoms with Crippen molar-refractivity contribution in [3.63, 3.8) is 0 Å². The molecule has 0 bridgehead atoms. The third-order valence-corrected chi connectivity index (χ3v) is 6.89. The Morgan fingerprint density at radius 1 is 0.939 bits per heavy atom. The molecule has 186 valence electrons. The summed E-state index contributed by atoms with van der Waals surface area (Å²) in [7, 11) is 0. The molecule has 0 aliphatic carbocycles. The van der Waals surface area contributed by atoms with Gasteiger partial charge in [-0.05, 0) is 44.5 Å². The van der Waals surface area contributed by atoms with Gasteiger partial charge in [-0.2, -0.15) is 0 Å². The predicted molar refractivity (Wildman–Crippen MR) is 137 cm³/mol. The fourth-order valence-corrected chi connectivity index (χ4v) is 4.77. The number of amides is 1. The quantitative estimate of drug-likeness (QED) is 0.128. The van der Waals surface area contributed by atoms with Crippen LogP contribution in [0.1, 0.15) is 101 Å². The summed E-state index contributed by atoms with van der Waals surface area (Å²) >= 11 is 0. The van der Waals surface area contributed by atoms with Crippen LogP contribution in [-0.2, 0) is 6.42 Å². The van der Waals surface area contributed by atoms with E-state index in [0.717, 1.165) is 25.2 Å². The maximum absolute atomic E-state index is 13.1. The molecule has 0 spiro atoms. The van der Waals surface area contributed by atoms with Gasteiger partial charge in [-0.1, -0.05) is 82.0 Å². The number of nitrogens with zero attached hydrogens (tertiary/aromatic N) is 3. The molecule has 1 aliphatic heterocycles. The standard InChI is InChI=1S/C27H46N4O2/c1-4-5-6-7-8-9-10-11-12-13-18-30-20-23(3)31(21-22(30)2)27(32)25-16-14-24(15-17-25)19-26(28)29-33/h14-17,22-23,33H,4-13,18-21H2,1-3H3,(H2,28,29)/t22-,23+/m0/s1. The minimum absolute atomic E-state index is 0.0864. The van der Waals surface area contributed by atoms with Crippen molar-refractivity contribution in [1.29, 1.82) is 0 Å². The van der Waals surface area contributed by atoms with Crippen molar-refractivity contribution in [3.8, 4) is 0 Å². The summed E-state index contributed by atoms with van der Waals surface area (Å²) in [6.45, 7) is 9.50. The van der Waals surface area contributed by atoms with Gasteiger partial charge in [0.1, 0.15) is 5.84 Å². The number of unbranched alkanes of at least 4 members (excludes halogenated alkanes) is 9. The Hall–Kier alpha value is -2.08. The lowest BCUT2D eigenvalue weighted by Gasteiger charge is -2.44. The summed E-state index contributed by atoms with van der Waals surface area (Å²) in [5, 5.41) is 11.7. The molecule has 33 heavy (non-hydrogen) atoms. The van der Waals surface area contributed by atoms with Crippen LogP contribution in [0.25, 0.3) is 0 Å². The van der Waals surface area contributed by atoms with E-state index in [1.54, 1.807) is 0 Å². The minimum Gasteiger partial charge on any atom is -0.409 e. The van der Waals surface area contributed by atoms with Gasteiger partial charge in [-0.25, -0.2) is 0 Å². The van der Waals surface area contributed by atoms with E-state index < -0.39 is 0 Å². The monoisotopic (exact) mass is 458 g/mol. The average Bonchev–Trinajstić information content (AvgIpc) is 2.82. The van der Waals surface area contributed by atoms with Crippen molar-refractivity contribution in [2.24, 2.45) is 10.9 Å². The Morgan fingerprint density at radius 3 is 2.09 bits per heavy atom. The Balaban J connectivity index is 1.70. The molecule has 1 heterocycles. The van der Waals surface area contributed by atoms with Gasteiger partial charge < -0.3 is 15.8 Å². The third kappa shape index (κ3) is 9.36. The van der Waals surface area contributed by atoms with Crippen LogP contribution in [0.5, 0.6) is 0 Å². The van der Waals surface area contributed by atoms with Gasteiger partial charge >= 0.3 is 0 Å². The Kier molecular flexibility index (Phi) is 12.3. The van der Waals surface area contributed by atoms with Gasteiger partial charge in [0.15, 0.2) is 0 Å². The van der Waals surface area contributed by atoms with Crippen molar-refractivity contribution in [2.45, 2.75) is 103 Å². The molecule has 2 atom stereocenters. The minimum atomic E-state index is 0.0864. The summed E-state index contributed by atoms with van der Waals surface area (Å²) in [6, 6.07) is 8.02. The topological polar surface area (TPSA) is 82.2 Å². The van der Waals surface area contributed by atoms with Gasteiger partial charge in [-0.15, -0.1) is 0 Å². The van der Waals surface area contributed by atoms with E-state index in [9.17, 15) is 4.79 Å². The third-order valence-electron chi connectivity index (χ3n) is 6.89. The van der Waals surface area contributed by atoms with E-state index in [2.05, 4.69) is 30.8 Å². The van der Waals surface area contributed by atoms with Crippen LogP contribution in [0.4, 0.5) is 0 Å². The molecule has 1 aliphatic rings. The van der Waals surface area contributed by atoms with Crippen LogP contribution in [0.3, 0.4) is 0 Å². The van der Waals surface area contributed by atoms with Crippen LogP contribution in [0.2, 0.25) is 0 Å². The van der Waals surface area contributed by atoms with Gasteiger partial charge in [0.2, 0.25) is 0 Å². The fraction of sp³-hybridized carbons (Fsp3) is 0.704. The maximum Gasteiger partial charge on any atom is 0.254 e. The maximum atomic E-state index is 13.1. The van der Waals surface area contributed by atoms with Crippen LogP contribution in [0.15, 0.2) is 29.4 Å². The largest absolute Gasteiger partial charge is 0.409 e. The van der Waals surface area contributed by atoms with E-state index in [4.69, 9.17) is 10.9 Å². The Morgan fingerprint density at radius 2 is 1.52 bits per heavy atom. The summed E-state index contributed by atoms with van der Waals surface area (Å²) < 4.78 is 0. The molecule has 1 fully saturated rings.